The summed E-state index contributed by atoms with van der Waals surface area (Å²) in [5, 5.41) is 0. The molecule has 32 valence electrons. The predicted molar refractivity (Wildman–Crippen MR) is 34.4 cm³/mol. The van der Waals surface area contributed by atoms with E-state index in [1.54, 1.807) is 0 Å². The van der Waals surface area contributed by atoms with Crippen LogP contribution in [0.15, 0.2) is 0 Å². The Labute approximate surface area is 125 Å². The van der Waals surface area contributed by atoms with E-state index in [9.17, 15) is 0 Å². The molecule has 0 aliphatic carbocycles. The van der Waals surface area contributed by atoms with E-state index in [2.05, 4.69) is 0 Å². The summed E-state index contributed by atoms with van der Waals surface area (Å²) >= 11 is 0. The van der Waals surface area contributed by atoms with E-state index in [-0.39, 0.29) is 129 Å². The van der Waals surface area contributed by atoms with Gasteiger partial charge in [0.05, 0.1) is 0 Å². The van der Waals surface area contributed by atoms with E-state index in [0.717, 1.165) is 0 Å². The van der Waals surface area contributed by atoms with Crippen molar-refractivity contribution in [3.8, 4) is 0 Å². The van der Waals surface area contributed by atoms with Gasteiger partial charge in [-0.3, -0.25) is 0 Å². The van der Waals surface area contributed by atoms with E-state index < -0.39 is 0 Å². The molecule has 0 saturated heterocycles. The first-order chi connectivity index (χ1) is 0. The molecule has 0 rings (SSSR count). The van der Waals surface area contributed by atoms with Crippen LogP contribution in [-0.2, 0) is 0 Å². The molecule has 0 spiro atoms. The summed E-state index contributed by atoms with van der Waals surface area (Å²) in [6.45, 7) is 0. The zero-order chi connectivity index (χ0) is 0. The Bertz CT molecular complexity index is 6.85. The van der Waals surface area contributed by atoms with E-state index in [4.69, 9.17) is 0 Å². The third-order valence-electron chi connectivity index (χ3n) is 0. The minimum absolute atomic E-state index is 0. The molecule has 5 heteroatoms. The van der Waals surface area contributed by atoms with Gasteiger partial charge < -0.3 is 29.5 Å². The number of rotatable bonds is 0. The average Bonchev–Trinajstić information content (AvgIpc) is 0. The third-order valence-corrected chi connectivity index (χ3v) is 0. The Hall–Kier alpha value is 3.79. The Kier molecular flexibility index (Phi) is 186. The average molecular weight is 440 g/mol. The molecule has 0 aromatic heterocycles. The molecular weight excluding hydrogens is 436 g/mol. The minimum atomic E-state index is 0. The second-order valence-corrected chi connectivity index (χ2v) is 0. The van der Waals surface area contributed by atoms with Crippen LogP contribution in [0.3, 0.4) is 0 Å². The normalized spacial score (nSPS) is 0. The van der Waals surface area contributed by atoms with Crippen LogP contribution >= 0.6 is 48.0 Å². The monoisotopic (exact) mass is 440 g/mol. The standard InChI is InChI=1S/3HI.K.H2O/h3*1H;;1H2/q;;;+1;/p-1. The molecule has 0 atom stereocenters. The van der Waals surface area contributed by atoms with Crippen LogP contribution in [0.4, 0.5) is 0 Å². The van der Waals surface area contributed by atoms with Crippen molar-refractivity contribution in [2.24, 2.45) is 0 Å². The van der Waals surface area contributed by atoms with Crippen LogP contribution in [0.5, 0.6) is 0 Å². The van der Waals surface area contributed by atoms with Crippen molar-refractivity contribution in [1.82, 2.24) is 0 Å². The molecule has 0 unspecified atom stereocenters. The zero-order valence-corrected chi connectivity index (χ0v) is 12.6. The molecule has 0 fully saturated rings. The molecule has 0 aliphatic heterocycles. The van der Waals surface area contributed by atoms with Crippen molar-refractivity contribution in [3.63, 3.8) is 0 Å². The van der Waals surface area contributed by atoms with Crippen LogP contribution in [0.2, 0.25) is 0 Å². The maximum absolute atomic E-state index is 0. The van der Waals surface area contributed by atoms with Crippen LogP contribution in [-0.4, -0.2) is 5.48 Å². The van der Waals surface area contributed by atoms with E-state index in [1.807, 2.05) is 0 Å². The molecule has 0 saturated carbocycles. The van der Waals surface area contributed by atoms with Gasteiger partial charge in [-0.25, -0.2) is 0 Å². The summed E-state index contributed by atoms with van der Waals surface area (Å²) in [5.41, 5.74) is 0. The van der Waals surface area contributed by atoms with Crippen LogP contribution < -0.4 is 75.4 Å². The van der Waals surface area contributed by atoms with Crippen molar-refractivity contribution < 1.29 is 80.8 Å². The second-order valence-electron chi connectivity index (χ2n) is 0. The van der Waals surface area contributed by atoms with E-state index in [0.29, 0.717) is 0 Å². The van der Waals surface area contributed by atoms with E-state index >= 15 is 0 Å². The van der Waals surface area contributed by atoms with Gasteiger partial charge in [0.2, 0.25) is 0 Å². The predicted octanol–water partition coefficient (Wildman–Crippen LogP) is -5.58. The number of halogens is 3. The largest absolute Gasteiger partial charge is 1.00 e. The van der Waals surface area contributed by atoms with E-state index in [1.165, 1.54) is 0 Å². The third kappa shape index (κ3) is 18.2. The Morgan fingerprint density at radius 3 is 0.800 bits per heavy atom. The maximum Gasteiger partial charge on any atom is 1.00 e. The van der Waals surface area contributed by atoms with Crippen LogP contribution in [0.25, 0.3) is 0 Å². The summed E-state index contributed by atoms with van der Waals surface area (Å²) in [6.07, 6.45) is 0. The molecule has 0 amide bonds. The molecule has 0 aromatic rings. The smallest absolute Gasteiger partial charge is 1.00 e. The zero-order valence-electron chi connectivity index (χ0n) is 2.69. The van der Waals surface area contributed by atoms with Gasteiger partial charge in [0, 0.05) is 0 Å². The first-order valence-corrected chi connectivity index (χ1v) is 0. The number of hydrogen-bond donors (Lipinski definition) is 0. The summed E-state index contributed by atoms with van der Waals surface area (Å²) in [4.78, 5) is 0. The molecule has 0 radical (unpaired) electrons. The van der Waals surface area contributed by atoms with Gasteiger partial charge >= 0.3 is 51.4 Å². The summed E-state index contributed by atoms with van der Waals surface area (Å²) < 4.78 is 0. The molecular formula is H4I3KO. The molecule has 1 nitrogen and oxygen atoms in total. The first kappa shape index (κ1) is 37.2. The van der Waals surface area contributed by atoms with Crippen molar-refractivity contribution in [3.05, 3.63) is 0 Å². The summed E-state index contributed by atoms with van der Waals surface area (Å²) in [5.74, 6) is 0. The van der Waals surface area contributed by atoms with Crippen molar-refractivity contribution in [2.75, 3.05) is 0 Å². The van der Waals surface area contributed by atoms with Gasteiger partial charge in [-0.1, -0.05) is 0 Å². The SMILES string of the molecule is I.I.O.[I-].[K+]. The van der Waals surface area contributed by atoms with Gasteiger partial charge in [-0.05, 0) is 0 Å². The van der Waals surface area contributed by atoms with Crippen LogP contribution in [0, 0.1) is 0 Å². The van der Waals surface area contributed by atoms with Crippen molar-refractivity contribution in [2.45, 2.75) is 0 Å². The topological polar surface area (TPSA) is 31.5 Å². The minimum Gasteiger partial charge on any atom is -1.00 e. The fraction of sp³-hybridized carbons (Fsp3) is 0. The molecule has 0 heterocycles. The van der Waals surface area contributed by atoms with Gasteiger partial charge in [0.25, 0.3) is 0 Å². The van der Waals surface area contributed by atoms with Gasteiger partial charge in [0.1, 0.15) is 0 Å². The van der Waals surface area contributed by atoms with Gasteiger partial charge in [-0.15, -0.1) is 48.0 Å². The Balaban J connectivity index is 0. The van der Waals surface area contributed by atoms with Crippen molar-refractivity contribution in [1.29, 1.82) is 0 Å². The quantitative estimate of drug-likeness (QED) is 0.266. The first-order valence-electron chi connectivity index (χ1n) is 0. The molecule has 0 aromatic carbocycles. The number of hydrogen-bond acceptors (Lipinski definition) is 0. The van der Waals surface area contributed by atoms with Crippen LogP contribution in [0.1, 0.15) is 0 Å². The Morgan fingerprint density at radius 1 is 0.800 bits per heavy atom. The van der Waals surface area contributed by atoms with Crippen molar-refractivity contribution >= 4 is 48.0 Å². The molecule has 5 heavy (non-hydrogen) atoms. The fourth-order valence-corrected chi connectivity index (χ4v) is 0. The fourth-order valence-electron chi connectivity index (χ4n) is 0. The van der Waals surface area contributed by atoms with Gasteiger partial charge in [0.15, 0.2) is 0 Å². The molecule has 2 N–H and O–H groups in total. The second kappa shape index (κ2) is 25.0. The summed E-state index contributed by atoms with van der Waals surface area (Å²) in [7, 11) is 0. The van der Waals surface area contributed by atoms with Gasteiger partial charge in [-0.2, -0.15) is 0 Å². The maximum atomic E-state index is 0. The Morgan fingerprint density at radius 2 is 0.800 bits per heavy atom. The summed E-state index contributed by atoms with van der Waals surface area (Å²) in [6, 6.07) is 0. The molecule has 0 bridgehead atoms. The molecule has 0 aliphatic rings.